The van der Waals surface area contributed by atoms with E-state index in [1.54, 1.807) is 6.07 Å². The lowest BCUT2D eigenvalue weighted by Gasteiger charge is -2.33. The molecule has 0 radical (unpaired) electrons. The van der Waals surface area contributed by atoms with E-state index in [2.05, 4.69) is 25.2 Å². The van der Waals surface area contributed by atoms with Gasteiger partial charge in [0.2, 0.25) is 0 Å². The van der Waals surface area contributed by atoms with Crippen molar-refractivity contribution < 1.29 is 4.39 Å². The molecule has 2 aliphatic carbocycles. The zero-order valence-corrected chi connectivity index (χ0v) is 15.4. The first kappa shape index (κ1) is 17.7. The van der Waals surface area contributed by atoms with Gasteiger partial charge in [-0.2, -0.15) is 0 Å². The molecule has 0 heterocycles. The van der Waals surface area contributed by atoms with Crippen LogP contribution in [0.1, 0.15) is 63.9 Å². The summed E-state index contributed by atoms with van der Waals surface area (Å²) < 4.78 is 13.6. The Balaban J connectivity index is 1.54. The Morgan fingerprint density at radius 2 is 1.96 bits per heavy atom. The van der Waals surface area contributed by atoms with Gasteiger partial charge in [-0.15, -0.1) is 0 Å². The summed E-state index contributed by atoms with van der Waals surface area (Å²) in [5.41, 5.74) is 2.05. The quantitative estimate of drug-likeness (QED) is 0.519. The first-order valence-corrected chi connectivity index (χ1v) is 9.89. The van der Waals surface area contributed by atoms with Gasteiger partial charge in [0.25, 0.3) is 0 Å². The highest BCUT2D eigenvalue weighted by atomic mass is 35.5. The molecule has 3 rings (SSSR count). The molecule has 1 saturated carbocycles. The standard InChI is InChI=1S/C22H28ClF/c1-2-3-4-16-5-7-17(8-6-16)18-9-11-19(12-10-18)20-13-14-21(23)22(24)15-20/h9,11-18H,2-8,10H2,1H3. The van der Waals surface area contributed by atoms with Crippen LogP contribution in [-0.4, -0.2) is 0 Å². The predicted molar refractivity (Wildman–Crippen MR) is 102 cm³/mol. The fourth-order valence-electron chi connectivity index (χ4n) is 4.27. The van der Waals surface area contributed by atoms with Gasteiger partial charge in [-0.1, -0.05) is 74.9 Å². The summed E-state index contributed by atoms with van der Waals surface area (Å²) in [6.45, 7) is 2.29. The molecule has 0 aliphatic heterocycles. The number of hydrogen-bond acceptors (Lipinski definition) is 0. The van der Waals surface area contributed by atoms with Crippen LogP contribution in [0.5, 0.6) is 0 Å². The van der Waals surface area contributed by atoms with Gasteiger partial charge in [0.1, 0.15) is 5.82 Å². The summed E-state index contributed by atoms with van der Waals surface area (Å²) in [6, 6.07) is 5.09. The van der Waals surface area contributed by atoms with E-state index in [4.69, 9.17) is 11.6 Å². The Morgan fingerprint density at radius 3 is 2.58 bits per heavy atom. The molecule has 24 heavy (non-hydrogen) atoms. The van der Waals surface area contributed by atoms with Crippen LogP contribution < -0.4 is 0 Å². The second kappa shape index (κ2) is 8.34. The summed E-state index contributed by atoms with van der Waals surface area (Å²) in [6.07, 6.45) is 17.6. The van der Waals surface area contributed by atoms with E-state index in [0.29, 0.717) is 5.92 Å². The number of unbranched alkanes of at least 4 members (excludes halogenated alkanes) is 1. The van der Waals surface area contributed by atoms with Crippen LogP contribution in [0.4, 0.5) is 4.39 Å². The third-order valence-electron chi connectivity index (χ3n) is 5.85. The third-order valence-corrected chi connectivity index (χ3v) is 6.16. The molecule has 0 bridgehead atoms. The van der Waals surface area contributed by atoms with E-state index in [0.717, 1.165) is 29.4 Å². The second-order valence-corrected chi connectivity index (χ2v) is 7.88. The first-order valence-electron chi connectivity index (χ1n) is 9.51. The van der Waals surface area contributed by atoms with Crippen molar-refractivity contribution in [2.24, 2.45) is 17.8 Å². The maximum atomic E-state index is 13.6. The highest BCUT2D eigenvalue weighted by molar-refractivity contribution is 6.30. The third kappa shape index (κ3) is 4.30. The lowest BCUT2D eigenvalue weighted by Crippen LogP contribution is -2.21. The van der Waals surface area contributed by atoms with Crippen LogP contribution in [0, 0.1) is 23.6 Å². The molecule has 0 amide bonds. The largest absolute Gasteiger partial charge is 0.205 e. The monoisotopic (exact) mass is 346 g/mol. The minimum atomic E-state index is -0.337. The molecule has 2 aliphatic rings. The van der Waals surface area contributed by atoms with Gasteiger partial charge in [-0.3, -0.25) is 0 Å². The highest BCUT2D eigenvalue weighted by Crippen LogP contribution is 2.39. The van der Waals surface area contributed by atoms with Crippen molar-refractivity contribution in [1.29, 1.82) is 0 Å². The zero-order valence-electron chi connectivity index (χ0n) is 14.6. The van der Waals surface area contributed by atoms with Crippen LogP contribution in [0.15, 0.2) is 36.4 Å². The maximum Gasteiger partial charge on any atom is 0.142 e. The van der Waals surface area contributed by atoms with Gasteiger partial charge >= 0.3 is 0 Å². The van der Waals surface area contributed by atoms with Gasteiger partial charge in [0, 0.05) is 0 Å². The van der Waals surface area contributed by atoms with Crippen molar-refractivity contribution in [2.45, 2.75) is 58.3 Å². The Labute approximate surface area is 150 Å². The molecule has 0 nitrogen and oxygen atoms in total. The minimum Gasteiger partial charge on any atom is -0.205 e. The summed E-state index contributed by atoms with van der Waals surface area (Å²) in [7, 11) is 0. The molecular formula is C22H28ClF. The Hall–Kier alpha value is -1.08. The first-order chi connectivity index (χ1) is 11.7. The topological polar surface area (TPSA) is 0 Å². The molecule has 1 atom stereocenters. The van der Waals surface area contributed by atoms with Gasteiger partial charge in [0.15, 0.2) is 0 Å². The molecule has 130 valence electrons. The van der Waals surface area contributed by atoms with E-state index in [1.807, 2.05) is 6.07 Å². The summed E-state index contributed by atoms with van der Waals surface area (Å²) >= 11 is 5.78. The number of halogens is 2. The van der Waals surface area contributed by atoms with Gasteiger partial charge in [0.05, 0.1) is 5.02 Å². The highest BCUT2D eigenvalue weighted by Gasteiger charge is 2.26. The van der Waals surface area contributed by atoms with Crippen LogP contribution in [0.25, 0.3) is 5.57 Å². The Bertz CT molecular complexity index is 608. The van der Waals surface area contributed by atoms with E-state index in [9.17, 15) is 4.39 Å². The smallest absolute Gasteiger partial charge is 0.142 e. The Kier molecular flexibility index (Phi) is 6.16. The van der Waals surface area contributed by atoms with Crippen molar-refractivity contribution in [3.63, 3.8) is 0 Å². The van der Waals surface area contributed by atoms with Crippen molar-refractivity contribution in [1.82, 2.24) is 0 Å². The summed E-state index contributed by atoms with van der Waals surface area (Å²) in [4.78, 5) is 0. The van der Waals surface area contributed by atoms with Gasteiger partial charge in [-0.25, -0.2) is 4.39 Å². The summed E-state index contributed by atoms with van der Waals surface area (Å²) in [5, 5.41) is 0.192. The molecule has 1 fully saturated rings. The van der Waals surface area contributed by atoms with Crippen molar-refractivity contribution >= 4 is 17.2 Å². The van der Waals surface area contributed by atoms with Crippen molar-refractivity contribution in [3.05, 3.63) is 52.8 Å². The average Bonchev–Trinajstić information content (AvgIpc) is 2.63. The maximum absolute atomic E-state index is 13.6. The normalized spacial score (nSPS) is 27.1. The van der Waals surface area contributed by atoms with Crippen LogP contribution in [0.3, 0.4) is 0 Å². The van der Waals surface area contributed by atoms with Gasteiger partial charge in [-0.05, 0) is 60.3 Å². The van der Waals surface area contributed by atoms with Crippen molar-refractivity contribution in [2.75, 3.05) is 0 Å². The fraction of sp³-hybridized carbons (Fsp3) is 0.545. The van der Waals surface area contributed by atoms with E-state index < -0.39 is 0 Å². The predicted octanol–water partition coefficient (Wildman–Crippen LogP) is 7.44. The number of hydrogen-bond donors (Lipinski definition) is 0. The Morgan fingerprint density at radius 1 is 1.17 bits per heavy atom. The summed E-state index contributed by atoms with van der Waals surface area (Å²) in [5.74, 6) is 2.13. The zero-order chi connectivity index (χ0) is 16.9. The van der Waals surface area contributed by atoms with E-state index >= 15 is 0 Å². The van der Waals surface area contributed by atoms with Crippen LogP contribution in [-0.2, 0) is 0 Å². The molecule has 0 N–H and O–H groups in total. The number of rotatable bonds is 5. The van der Waals surface area contributed by atoms with Crippen molar-refractivity contribution in [3.8, 4) is 0 Å². The van der Waals surface area contributed by atoms with Crippen LogP contribution in [0.2, 0.25) is 5.02 Å². The van der Waals surface area contributed by atoms with E-state index in [-0.39, 0.29) is 10.8 Å². The number of benzene rings is 1. The van der Waals surface area contributed by atoms with Gasteiger partial charge < -0.3 is 0 Å². The SMILES string of the molecule is CCCCC1CCC(C2C=CC(c3ccc(Cl)c(F)c3)=CC2)CC1. The lowest BCUT2D eigenvalue weighted by atomic mass is 9.72. The molecule has 1 unspecified atom stereocenters. The average molecular weight is 347 g/mol. The fourth-order valence-corrected chi connectivity index (χ4v) is 4.39. The molecule has 2 heteroatoms. The lowest BCUT2D eigenvalue weighted by molar-refractivity contribution is 0.219. The molecular weight excluding hydrogens is 319 g/mol. The van der Waals surface area contributed by atoms with Crippen LogP contribution >= 0.6 is 11.6 Å². The number of allylic oxidation sites excluding steroid dienone is 4. The molecule has 0 saturated heterocycles. The molecule has 1 aromatic carbocycles. The molecule has 0 spiro atoms. The molecule has 0 aromatic heterocycles. The minimum absolute atomic E-state index is 0.192. The molecule has 1 aromatic rings. The van der Waals surface area contributed by atoms with E-state index in [1.165, 1.54) is 51.0 Å². The second-order valence-electron chi connectivity index (χ2n) is 7.47.